The summed E-state index contributed by atoms with van der Waals surface area (Å²) in [4.78, 5) is 13.0. The molecule has 0 saturated carbocycles. The number of aromatic nitrogens is 3. The van der Waals surface area contributed by atoms with E-state index in [0.29, 0.717) is 5.92 Å². The van der Waals surface area contributed by atoms with Crippen molar-refractivity contribution in [1.82, 2.24) is 14.8 Å². The monoisotopic (exact) mass is 422 g/mol. The quantitative estimate of drug-likeness (QED) is 0.487. The van der Waals surface area contributed by atoms with Crippen LogP contribution in [0, 0.1) is 13.8 Å². The van der Waals surface area contributed by atoms with Gasteiger partial charge in [-0.05, 0) is 50.3 Å². The summed E-state index contributed by atoms with van der Waals surface area (Å²) in [6.45, 7) is 13.1. The molecule has 0 bridgehead atoms. The lowest BCUT2D eigenvalue weighted by Gasteiger charge is -2.18. The molecule has 30 heavy (non-hydrogen) atoms. The van der Waals surface area contributed by atoms with Gasteiger partial charge in [-0.3, -0.25) is 4.79 Å². The third-order valence-corrected chi connectivity index (χ3v) is 6.33. The second-order valence-corrected chi connectivity index (χ2v) is 9.12. The van der Waals surface area contributed by atoms with Crippen molar-refractivity contribution in [3.63, 3.8) is 0 Å². The predicted octanol–water partition coefficient (Wildman–Crippen LogP) is 5.82. The molecule has 1 heterocycles. The summed E-state index contributed by atoms with van der Waals surface area (Å²) in [7, 11) is 0. The largest absolute Gasteiger partial charge is 0.325 e. The molecule has 0 aliphatic carbocycles. The van der Waals surface area contributed by atoms with Crippen molar-refractivity contribution in [3.8, 4) is 11.4 Å². The zero-order valence-electron chi connectivity index (χ0n) is 18.6. The van der Waals surface area contributed by atoms with Gasteiger partial charge in [0.2, 0.25) is 5.91 Å². The van der Waals surface area contributed by atoms with Crippen molar-refractivity contribution < 1.29 is 4.79 Å². The van der Waals surface area contributed by atoms with Crippen LogP contribution in [0.4, 0.5) is 5.69 Å². The highest BCUT2D eigenvalue weighted by atomic mass is 32.2. The molecule has 3 aromatic rings. The van der Waals surface area contributed by atoms with Crippen LogP contribution in [0.1, 0.15) is 50.3 Å². The van der Waals surface area contributed by atoms with Crippen LogP contribution in [-0.4, -0.2) is 25.9 Å². The standard InChI is InChI=1S/C24H30N4OS/c1-7-28-22(20-13-9-8-11-16(20)4)26-27-24(28)30-18(6)23(29)25-21-17(5)12-10-14-19(21)15(2)3/h8-15,18H,7H2,1-6H3,(H,25,29)/t18-/m0/s1. The molecule has 1 amide bonds. The molecule has 0 radical (unpaired) electrons. The Balaban J connectivity index is 1.81. The number of hydrogen-bond acceptors (Lipinski definition) is 4. The van der Waals surface area contributed by atoms with Crippen molar-refractivity contribution >= 4 is 23.4 Å². The van der Waals surface area contributed by atoms with Gasteiger partial charge in [0, 0.05) is 17.8 Å². The number of carbonyl (C=O) groups excluding carboxylic acids is 1. The molecule has 6 heteroatoms. The minimum atomic E-state index is -0.302. The lowest BCUT2D eigenvalue weighted by molar-refractivity contribution is -0.115. The summed E-state index contributed by atoms with van der Waals surface area (Å²) >= 11 is 1.44. The first-order chi connectivity index (χ1) is 14.3. The fraction of sp³-hybridized carbons (Fsp3) is 0.375. The van der Waals surface area contributed by atoms with Gasteiger partial charge in [-0.2, -0.15) is 0 Å². The minimum Gasteiger partial charge on any atom is -0.325 e. The molecule has 158 valence electrons. The summed E-state index contributed by atoms with van der Waals surface area (Å²) in [5.41, 5.74) is 5.37. The van der Waals surface area contributed by atoms with Crippen molar-refractivity contribution in [2.75, 3.05) is 5.32 Å². The lowest BCUT2D eigenvalue weighted by Crippen LogP contribution is -2.24. The summed E-state index contributed by atoms with van der Waals surface area (Å²) in [6, 6.07) is 14.3. The van der Waals surface area contributed by atoms with Gasteiger partial charge in [0.15, 0.2) is 11.0 Å². The van der Waals surface area contributed by atoms with Gasteiger partial charge in [-0.1, -0.05) is 68.1 Å². The van der Waals surface area contributed by atoms with E-state index in [-0.39, 0.29) is 11.2 Å². The van der Waals surface area contributed by atoms with E-state index in [1.807, 2.05) is 38.1 Å². The third kappa shape index (κ3) is 4.59. The molecule has 0 unspecified atom stereocenters. The number of amides is 1. The van der Waals surface area contributed by atoms with E-state index in [9.17, 15) is 4.79 Å². The maximum absolute atomic E-state index is 13.0. The average molecular weight is 423 g/mol. The number of anilines is 1. The molecule has 0 fully saturated rings. The Morgan fingerprint density at radius 1 is 1.03 bits per heavy atom. The number of rotatable bonds is 7. The molecule has 1 N–H and O–H groups in total. The topological polar surface area (TPSA) is 59.8 Å². The number of carbonyl (C=O) groups is 1. The first-order valence-corrected chi connectivity index (χ1v) is 11.3. The molecule has 0 spiro atoms. The van der Waals surface area contributed by atoms with E-state index >= 15 is 0 Å². The summed E-state index contributed by atoms with van der Waals surface area (Å²) in [5, 5.41) is 12.4. The minimum absolute atomic E-state index is 0.0284. The molecule has 2 aromatic carbocycles. The fourth-order valence-corrected chi connectivity index (χ4v) is 4.38. The van der Waals surface area contributed by atoms with Crippen LogP contribution in [0.5, 0.6) is 0 Å². The molecule has 1 aromatic heterocycles. The summed E-state index contributed by atoms with van der Waals surface area (Å²) in [6.07, 6.45) is 0. The van der Waals surface area contributed by atoms with Crippen LogP contribution in [0.3, 0.4) is 0 Å². The highest BCUT2D eigenvalue weighted by Crippen LogP contribution is 2.31. The Labute approximate surface area is 183 Å². The highest BCUT2D eigenvalue weighted by molar-refractivity contribution is 8.00. The van der Waals surface area contributed by atoms with Crippen molar-refractivity contribution in [2.45, 2.75) is 64.4 Å². The van der Waals surface area contributed by atoms with Crippen LogP contribution in [0.25, 0.3) is 11.4 Å². The van der Waals surface area contributed by atoms with E-state index in [1.54, 1.807) is 0 Å². The molecule has 0 aliphatic rings. The van der Waals surface area contributed by atoms with Crippen LogP contribution in [-0.2, 0) is 11.3 Å². The van der Waals surface area contributed by atoms with E-state index < -0.39 is 0 Å². The summed E-state index contributed by atoms with van der Waals surface area (Å²) in [5.74, 6) is 1.15. The summed E-state index contributed by atoms with van der Waals surface area (Å²) < 4.78 is 2.07. The third-order valence-electron chi connectivity index (χ3n) is 5.25. The number of benzene rings is 2. The predicted molar refractivity (Wildman–Crippen MR) is 125 cm³/mol. The van der Waals surface area contributed by atoms with E-state index in [4.69, 9.17) is 0 Å². The van der Waals surface area contributed by atoms with E-state index in [2.05, 4.69) is 66.0 Å². The number of hydrogen-bond donors (Lipinski definition) is 1. The van der Waals surface area contributed by atoms with Gasteiger partial charge in [-0.25, -0.2) is 0 Å². The number of aryl methyl sites for hydroxylation is 2. The normalized spacial score (nSPS) is 12.2. The Kier molecular flexibility index (Phi) is 6.98. The van der Waals surface area contributed by atoms with Crippen LogP contribution >= 0.6 is 11.8 Å². The number of thioether (sulfide) groups is 1. The van der Waals surface area contributed by atoms with Gasteiger partial charge in [0.05, 0.1) is 5.25 Å². The first-order valence-electron chi connectivity index (χ1n) is 10.4. The molecule has 0 saturated heterocycles. The molecule has 0 aliphatic heterocycles. The first kappa shape index (κ1) is 22.1. The van der Waals surface area contributed by atoms with Crippen molar-refractivity contribution in [1.29, 1.82) is 0 Å². The van der Waals surface area contributed by atoms with E-state index in [1.165, 1.54) is 11.8 Å². The molecule has 5 nitrogen and oxygen atoms in total. The number of nitrogens with zero attached hydrogens (tertiary/aromatic N) is 3. The fourth-order valence-electron chi connectivity index (χ4n) is 3.46. The average Bonchev–Trinajstić information content (AvgIpc) is 3.11. The Hall–Kier alpha value is -2.60. The maximum atomic E-state index is 13.0. The second-order valence-electron chi connectivity index (χ2n) is 7.81. The Bertz CT molecular complexity index is 1040. The highest BCUT2D eigenvalue weighted by Gasteiger charge is 2.22. The SMILES string of the molecule is CCn1c(S[C@@H](C)C(=O)Nc2c(C)cccc2C(C)C)nnc1-c1ccccc1C. The smallest absolute Gasteiger partial charge is 0.237 e. The lowest BCUT2D eigenvalue weighted by atomic mass is 9.98. The van der Waals surface area contributed by atoms with Crippen molar-refractivity contribution in [2.24, 2.45) is 0 Å². The van der Waals surface area contributed by atoms with Gasteiger partial charge < -0.3 is 9.88 Å². The Morgan fingerprint density at radius 2 is 1.73 bits per heavy atom. The zero-order valence-corrected chi connectivity index (χ0v) is 19.4. The Morgan fingerprint density at radius 3 is 2.40 bits per heavy atom. The van der Waals surface area contributed by atoms with Gasteiger partial charge >= 0.3 is 0 Å². The van der Waals surface area contributed by atoms with Crippen molar-refractivity contribution in [3.05, 3.63) is 59.2 Å². The van der Waals surface area contributed by atoms with Gasteiger partial charge in [-0.15, -0.1) is 10.2 Å². The molecule has 1 atom stereocenters. The number of para-hydroxylation sites is 1. The zero-order chi connectivity index (χ0) is 21.8. The van der Waals surface area contributed by atoms with Crippen LogP contribution in [0.2, 0.25) is 0 Å². The van der Waals surface area contributed by atoms with Crippen LogP contribution < -0.4 is 5.32 Å². The van der Waals surface area contributed by atoms with Gasteiger partial charge in [0.1, 0.15) is 0 Å². The van der Waals surface area contributed by atoms with Crippen LogP contribution in [0.15, 0.2) is 47.6 Å². The molecular weight excluding hydrogens is 392 g/mol. The second kappa shape index (κ2) is 9.47. The van der Waals surface area contributed by atoms with E-state index in [0.717, 1.165) is 45.5 Å². The van der Waals surface area contributed by atoms with Gasteiger partial charge in [0.25, 0.3) is 0 Å². The maximum Gasteiger partial charge on any atom is 0.237 e. The molecule has 3 rings (SSSR count). The molecular formula is C24H30N4OS. The number of nitrogens with one attached hydrogen (secondary N) is 1.